The molecule has 0 spiro atoms. The number of rotatable bonds is 2. The summed E-state index contributed by atoms with van der Waals surface area (Å²) in [6.07, 6.45) is -0.495. The monoisotopic (exact) mass is 326 g/mol. The maximum Gasteiger partial charge on any atom is 0.281 e. The van der Waals surface area contributed by atoms with Crippen molar-refractivity contribution in [2.75, 3.05) is 12.4 Å². The minimum Gasteiger partial charge on any atom is -0.472 e. The van der Waals surface area contributed by atoms with Crippen molar-refractivity contribution in [2.45, 2.75) is 24.8 Å². The number of carbonyl (C=O) groups is 1. The second kappa shape index (κ2) is 6.32. The van der Waals surface area contributed by atoms with Crippen LogP contribution in [0.4, 0.5) is 0 Å². The number of hydrogen-bond donors (Lipinski definition) is 1. The Labute approximate surface area is 130 Å². The Kier molecular flexibility index (Phi) is 5.64. The molecule has 1 heterocycles. The molecule has 1 radical (unpaired) electrons. The maximum atomic E-state index is 11.6. The van der Waals surface area contributed by atoms with E-state index in [9.17, 15) is 9.90 Å². The number of benzene rings is 1. The van der Waals surface area contributed by atoms with E-state index in [1.807, 2.05) is 6.92 Å². The van der Waals surface area contributed by atoms with Gasteiger partial charge in [-0.1, -0.05) is 6.92 Å². The third-order valence-corrected chi connectivity index (χ3v) is 3.72. The van der Waals surface area contributed by atoms with Gasteiger partial charge in [0.15, 0.2) is 0 Å². The molecule has 0 aliphatic carbocycles. The predicted molar refractivity (Wildman–Crippen MR) is 61.7 cm³/mol. The summed E-state index contributed by atoms with van der Waals surface area (Å²) in [5.41, 5.74) is 2.14. The number of carbonyl (C=O) groups excluding carboxylic acids is 1. The van der Waals surface area contributed by atoms with Crippen LogP contribution < -0.4 is 0 Å². The molecule has 17 heavy (non-hydrogen) atoms. The molecule has 2 rings (SSSR count). The van der Waals surface area contributed by atoms with E-state index in [1.54, 1.807) is 24.8 Å². The van der Waals surface area contributed by atoms with Crippen molar-refractivity contribution >= 4 is 17.7 Å². The molecule has 0 saturated heterocycles. The summed E-state index contributed by atoms with van der Waals surface area (Å²) in [7, 11) is 0. The summed E-state index contributed by atoms with van der Waals surface area (Å²) >= 11 is 1.57. The Balaban J connectivity index is 0.00000144. The van der Waals surface area contributed by atoms with Gasteiger partial charge >= 0.3 is 0 Å². The molecule has 0 fully saturated rings. The van der Waals surface area contributed by atoms with Crippen LogP contribution in [0, 0.1) is 13.0 Å². The zero-order valence-electron chi connectivity index (χ0n) is 9.82. The number of aliphatic hydroxyl groups is 1. The van der Waals surface area contributed by atoms with Gasteiger partial charge in [0.25, 0.3) is 5.97 Å². The van der Waals surface area contributed by atoms with Crippen molar-refractivity contribution in [3.8, 4) is 0 Å². The third-order valence-electron chi connectivity index (χ3n) is 2.61. The van der Waals surface area contributed by atoms with Gasteiger partial charge in [-0.3, -0.25) is 4.79 Å². The van der Waals surface area contributed by atoms with Crippen LogP contribution in [0.3, 0.4) is 0 Å². The number of hydrogen-bond acceptors (Lipinski definition) is 4. The van der Waals surface area contributed by atoms with Crippen LogP contribution in [-0.2, 0) is 37.4 Å². The Bertz CT molecular complexity index is 434. The van der Waals surface area contributed by atoms with Gasteiger partial charge in [0.2, 0.25) is 0 Å². The number of ether oxygens (including phenoxy) is 1. The predicted octanol–water partition coefficient (Wildman–Crippen LogP) is 2.11. The van der Waals surface area contributed by atoms with E-state index in [2.05, 4.69) is 6.07 Å². The van der Waals surface area contributed by atoms with E-state index >= 15 is 0 Å². The maximum absolute atomic E-state index is 11.6. The second-order valence-corrected chi connectivity index (χ2v) is 4.65. The molecule has 89 valence electrons. The molecule has 1 unspecified atom stereocenters. The number of esters is 1. The van der Waals surface area contributed by atoms with E-state index in [-0.39, 0.29) is 38.7 Å². The molecule has 1 aliphatic heterocycles. The molecule has 1 aliphatic rings. The van der Waals surface area contributed by atoms with Gasteiger partial charge in [-0.25, -0.2) is 0 Å². The van der Waals surface area contributed by atoms with E-state index in [0.29, 0.717) is 17.9 Å². The summed E-state index contributed by atoms with van der Waals surface area (Å²) in [5, 5.41) is 9.81. The first-order valence-electron chi connectivity index (χ1n) is 5.18. The molecule has 1 atom stereocenters. The zero-order valence-corrected chi connectivity index (χ0v) is 13.5. The fourth-order valence-corrected chi connectivity index (χ4v) is 2.90. The molecule has 0 saturated carbocycles. The SMILES string of the molecule is CCOC(=O)c1c[c-]c2c(c1C)C(O)CS2.[Y]. The number of fused-ring (bicyclic) bond motifs is 1. The fraction of sp³-hybridized carbons (Fsp3) is 0.417. The van der Waals surface area contributed by atoms with E-state index in [4.69, 9.17) is 4.74 Å². The van der Waals surface area contributed by atoms with Crippen LogP contribution in [0.1, 0.15) is 34.5 Å². The Morgan fingerprint density at radius 2 is 2.41 bits per heavy atom. The summed E-state index contributed by atoms with van der Waals surface area (Å²) in [6.45, 7) is 3.97. The minimum absolute atomic E-state index is 0. The zero-order chi connectivity index (χ0) is 11.7. The van der Waals surface area contributed by atoms with Crippen molar-refractivity contribution in [2.24, 2.45) is 0 Å². The van der Waals surface area contributed by atoms with Crippen molar-refractivity contribution in [3.63, 3.8) is 0 Å². The van der Waals surface area contributed by atoms with Crippen molar-refractivity contribution in [1.29, 1.82) is 0 Å². The van der Waals surface area contributed by atoms with E-state index < -0.39 is 6.10 Å². The van der Waals surface area contributed by atoms with Gasteiger partial charge in [0.05, 0.1) is 6.61 Å². The smallest absolute Gasteiger partial charge is 0.281 e. The quantitative estimate of drug-likeness (QED) is 0.668. The fourth-order valence-electron chi connectivity index (χ4n) is 1.83. The van der Waals surface area contributed by atoms with E-state index in [0.717, 1.165) is 16.0 Å². The average molecular weight is 326 g/mol. The Morgan fingerprint density at radius 1 is 1.71 bits per heavy atom. The van der Waals surface area contributed by atoms with Crippen molar-refractivity contribution in [1.82, 2.24) is 0 Å². The van der Waals surface area contributed by atoms with Crippen molar-refractivity contribution in [3.05, 3.63) is 28.8 Å². The Morgan fingerprint density at radius 3 is 3.06 bits per heavy atom. The normalized spacial score (nSPS) is 17.2. The molecule has 0 amide bonds. The van der Waals surface area contributed by atoms with Gasteiger partial charge in [0.1, 0.15) is 0 Å². The molecule has 1 N–H and O–H groups in total. The molecule has 0 bridgehead atoms. The van der Waals surface area contributed by atoms with Crippen LogP contribution in [0.2, 0.25) is 0 Å². The van der Waals surface area contributed by atoms with Gasteiger partial charge < -0.3 is 9.84 Å². The van der Waals surface area contributed by atoms with Gasteiger partial charge in [0, 0.05) is 44.6 Å². The van der Waals surface area contributed by atoms with Crippen LogP contribution >= 0.6 is 11.8 Å². The van der Waals surface area contributed by atoms with Gasteiger partial charge in [-0.2, -0.15) is 23.9 Å². The van der Waals surface area contributed by atoms with E-state index in [1.165, 1.54) is 0 Å². The number of aliphatic hydroxyl groups excluding tert-OH is 1. The van der Waals surface area contributed by atoms with Crippen LogP contribution in [0.15, 0.2) is 11.0 Å². The molecular weight excluding hydrogens is 313 g/mol. The molecule has 5 heteroatoms. The summed E-state index contributed by atoms with van der Waals surface area (Å²) in [6, 6.07) is 4.68. The minimum atomic E-state index is -0.495. The van der Waals surface area contributed by atoms with Crippen LogP contribution in [-0.4, -0.2) is 23.4 Å². The van der Waals surface area contributed by atoms with Crippen molar-refractivity contribution < 1.29 is 47.3 Å². The average Bonchev–Trinajstić information content (AvgIpc) is 2.62. The van der Waals surface area contributed by atoms with Crippen LogP contribution in [0.25, 0.3) is 0 Å². The Hall–Kier alpha value is 0.104. The molecule has 0 aromatic heterocycles. The largest absolute Gasteiger partial charge is 0.472 e. The summed E-state index contributed by atoms with van der Waals surface area (Å²) in [5.74, 6) is 0.294. The molecule has 3 nitrogen and oxygen atoms in total. The molecular formula is C12H13O3SY-. The topological polar surface area (TPSA) is 46.5 Å². The standard InChI is InChI=1S/C12H13O3S.Y/c1-3-15-12(14)8-4-5-10-11(7(8)2)9(13)6-16-10;/h4,9,13H,3,6H2,1-2H3;/q-1;. The molecule has 1 aromatic carbocycles. The van der Waals surface area contributed by atoms with Gasteiger partial charge in [-0.15, -0.1) is 16.0 Å². The van der Waals surface area contributed by atoms with Crippen LogP contribution in [0.5, 0.6) is 0 Å². The first kappa shape index (κ1) is 15.2. The molecule has 1 aromatic rings. The number of thioether (sulfide) groups is 1. The van der Waals surface area contributed by atoms with Gasteiger partial charge in [-0.05, 0) is 12.5 Å². The summed E-state index contributed by atoms with van der Waals surface area (Å²) < 4.78 is 4.96. The first-order valence-corrected chi connectivity index (χ1v) is 6.16. The summed E-state index contributed by atoms with van der Waals surface area (Å²) in [4.78, 5) is 12.6. The second-order valence-electron chi connectivity index (χ2n) is 3.62. The first-order chi connectivity index (χ1) is 7.65. The third kappa shape index (κ3) is 2.92.